The first kappa shape index (κ1) is 20.3. The van der Waals surface area contributed by atoms with Crippen molar-refractivity contribution in [3.05, 3.63) is 45.7 Å². The van der Waals surface area contributed by atoms with Gasteiger partial charge < -0.3 is 10.2 Å². The molecule has 1 aliphatic rings. The highest BCUT2D eigenvalue weighted by Gasteiger charge is 2.47. The number of carbonyl (C=O) groups excluding carboxylic acids is 2. The van der Waals surface area contributed by atoms with Crippen LogP contribution in [0.25, 0.3) is 0 Å². The lowest BCUT2D eigenvalue weighted by Gasteiger charge is -2.32. The van der Waals surface area contributed by atoms with E-state index >= 15 is 0 Å². The first-order chi connectivity index (χ1) is 13.2. The van der Waals surface area contributed by atoms with E-state index in [-0.39, 0.29) is 18.8 Å². The van der Waals surface area contributed by atoms with Gasteiger partial charge in [0.15, 0.2) is 5.01 Å². The van der Waals surface area contributed by atoms with E-state index in [1.807, 2.05) is 6.92 Å². The molecule has 0 saturated carbocycles. The second kappa shape index (κ2) is 7.90. The fraction of sp³-hybridized carbons (Fsp3) is 0.421. The van der Waals surface area contributed by atoms with Gasteiger partial charge in [-0.3, -0.25) is 9.59 Å². The lowest BCUT2D eigenvalue weighted by Crippen LogP contribution is -2.45. The second-order valence-corrected chi connectivity index (χ2v) is 7.86. The summed E-state index contributed by atoms with van der Waals surface area (Å²) in [4.78, 5) is 29.4. The molecule has 1 fully saturated rings. The number of benzene rings is 1. The predicted octanol–water partition coefficient (Wildman–Crippen LogP) is 4.19. The van der Waals surface area contributed by atoms with E-state index in [1.165, 1.54) is 23.6 Å². The molecule has 9 heteroatoms. The van der Waals surface area contributed by atoms with Crippen molar-refractivity contribution < 1.29 is 22.8 Å². The van der Waals surface area contributed by atoms with Crippen LogP contribution in [0.3, 0.4) is 0 Å². The van der Waals surface area contributed by atoms with E-state index in [1.54, 1.807) is 6.92 Å². The van der Waals surface area contributed by atoms with E-state index in [9.17, 15) is 22.8 Å². The molecule has 1 aliphatic heterocycles. The normalized spacial score (nSPS) is 15.5. The minimum absolute atomic E-state index is 0.221. The number of likely N-dealkylation sites (tertiary alicyclic amines) is 1. The van der Waals surface area contributed by atoms with E-state index in [2.05, 4.69) is 10.3 Å². The number of hydrogen-bond acceptors (Lipinski definition) is 4. The maximum atomic E-state index is 14.6. The molecule has 1 saturated heterocycles. The SMILES string of the molecule is Cc1cc(NC(=O)c2csc(C(F)(F)C(=O)N3CCC(C)CC3)n2)ccc1F. The maximum absolute atomic E-state index is 14.6. The third-order valence-corrected chi connectivity index (χ3v) is 5.67. The van der Waals surface area contributed by atoms with Crippen LogP contribution < -0.4 is 5.32 Å². The van der Waals surface area contributed by atoms with Crippen molar-refractivity contribution in [1.82, 2.24) is 9.88 Å². The smallest absolute Gasteiger partial charge is 0.337 e. The zero-order valence-corrected chi connectivity index (χ0v) is 16.3. The molecule has 2 amide bonds. The molecule has 0 aliphatic carbocycles. The molecule has 0 bridgehead atoms. The van der Waals surface area contributed by atoms with Crippen LogP contribution in [0.4, 0.5) is 18.9 Å². The number of nitrogens with zero attached hydrogens (tertiary/aromatic N) is 2. The standard InChI is InChI=1S/C19H20F3N3O2S/c1-11-5-7-25(8-6-11)18(27)19(21,22)17-24-15(10-28-17)16(26)23-13-3-4-14(20)12(2)9-13/h3-4,9-11H,5-8H2,1-2H3,(H,23,26). The maximum Gasteiger partial charge on any atom is 0.375 e. The molecule has 0 unspecified atom stereocenters. The molecule has 2 heterocycles. The summed E-state index contributed by atoms with van der Waals surface area (Å²) in [6.45, 7) is 4.14. The minimum Gasteiger partial charge on any atom is -0.337 e. The molecule has 3 rings (SSSR count). The molecule has 2 aromatic rings. The molecule has 0 radical (unpaired) electrons. The van der Waals surface area contributed by atoms with Crippen LogP contribution >= 0.6 is 11.3 Å². The Balaban J connectivity index is 1.71. The fourth-order valence-corrected chi connectivity index (χ4v) is 3.71. The van der Waals surface area contributed by atoms with Gasteiger partial charge in [-0.1, -0.05) is 6.92 Å². The zero-order chi connectivity index (χ0) is 20.5. The summed E-state index contributed by atoms with van der Waals surface area (Å²) < 4.78 is 42.5. The Hall–Kier alpha value is -2.42. The van der Waals surface area contributed by atoms with E-state index in [0.717, 1.165) is 4.90 Å². The largest absolute Gasteiger partial charge is 0.375 e. The highest BCUT2D eigenvalue weighted by atomic mass is 32.1. The summed E-state index contributed by atoms with van der Waals surface area (Å²) in [5.41, 5.74) is 0.440. The molecule has 0 spiro atoms. The molecule has 5 nitrogen and oxygen atoms in total. The second-order valence-electron chi connectivity index (χ2n) is 7.01. The molecular weight excluding hydrogens is 391 g/mol. The number of hydrogen-bond donors (Lipinski definition) is 1. The van der Waals surface area contributed by atoms with Gasteiger partial charge in [-0.2, -0.15) is 8.78 Å². The predicted molar refractivity (Wildman–Crippen MR) is 100 cm³/mol. The topological polar surface area (TPSA) is 62.3 Å². The lowest BCUT2D eigenvalue weighted by molar-refractivity contribution is -0.160. The summed E-state index contributed by atoms with van der Waals surface area (Å²) in [6, 6.07) is 3.99. The number of amides is 2. The number of alkyl halides is 2. The lowest BCUT2D eigenvalue weighted by atomic mass is 9.99. The molecule has 28 heavy (non-hydrogen) atoms. The summed E-state index contributed by atoms with van der Waals surface area (Å²) in [7, 11) is 0. The number of aromatic nitrogens is 1. The number of nitrogens with one attached hydrogen (secondary N) is 1. The molecule has 0 atom stereocenters. The summed E-state index contributed by atoms with van der Waals surface area (Å²) in [6.07, 6.45) is 1.37. The van der Waals surface area contributed by atoms with Crippen molar-refractivity contribution in [2.45, 2.75) is 32.6 Å². The molecule has 150 valence electrons. The van der Waals surface area contributed by atoms with Crippen molar-refractivity contribution >= 4 is 28.8 Å². The number of anilines is 1. The van der Waals surface area contributed by atoms with Crippen molar-refractivity contribution in [2.75, 3.05) is 18.4 Å². The van der Waals surface area contributed by atoms with Crippen LogP contribution in [-0.2, 0) is 10.7 Å². The van der Waals surface area contributed by atoms with Crippen LogP contribution in [0.15, 0.2) is 23.6 Å². The third-order valence-electron chi connectivity index (χ3n) is 4.76. The highest BCUT2D eigenvalue weighted by Crippen LogP contribution is 2.34. The van der Waals surface area contributed by atoms with Crippen molar-refractivity contribution in [2.24, 2.45) is 5.92 Å². The number of piperidine rings is 1. The Kier molecular flexibility index (Phi) is 5.74. The Bertz CT molecular complexity index is 892. The fourth-order valence-electron chi connectivity index (χ4n) is 2.94. The van der Waals surface area contributed by atoms with Gasteiger partial charge >= 0.3 is 11.8 Å². The Morgan fingerprint density at radius 2 is 1.96 bits per heavy atom. The van der Waals surface area contributed by atoms with Gasteiger partial charge in [0, 0.05) is 24.2 Å². The van der Waals surface area contributed by atoms with E-state index < -0.39 is 28.6 Å². The Morgan fingerprint density at radius 1 is 1.29 bits per heavy atom. The summed E-state index contributed by atoms with van der Waals surface area (Å²) in [5.74, 6) is -5.78. The van der Waals surface area contributed by atoms with Gasteiger partial charge in [0.05, 0.1) is 0 Å². The first-order valence-corrected chi connectivity index (χ1v) is 9.77. The third kappa shape index (κ3) is 4.19. The average Bonchev–Trinajstić information content (AvgIpc) is 3.16. The van der Waals surface area contributed by atoms with E-state index in [0.29, 0.717) is 41.3 Å². The van der Waals surface area contributed by atoms with Gasteiger partial charge in [-0.05, 0) is 49.4 Å². The number of rotatable bonds is 4. The Labute approximate surface area is 164 Å². The summed E-state index contributed by atoms with van der Waals surface area (Å²) >= 11 is 0.564. The number of thiazole rings is 1. The number of carbonyl (C=O) groups is 2. The monoisotopic (exact) mass is 411 g/mol. The van der Waals surface area contributed by atoms with Gasteiger partial charge in [0.2, 0.25) is 0 Å². The van der Waals surface area contributed by atoms with Crippen molar-refractivity contribution in [3.8, 4) is 0 Å². The minimum atomic E-state index is -3.78. The molecule has 1 aromatic heterocycles. The highest BCUT2D eigenvalue weighted by molar-refractivity contribution is 7.10. The van der Waals surface area contributed by atoms with Crippen LogP contribution in [0.2, 0.25) is 0 Å². The van der Waals surface area contributed by atoms with Crippen LogP contribution in [0.1, 0.15) is 40.8 Å². The van der Waals surface area contributed by atoms with Crippen LogP contribution in [0.5, 0.6) is 0 Å². The molecule has 1 aromatic carbocycles. The first-order valence-electron chi connectivity index (χ1n) is 8.89. The van der Waals surface area contributed by atoms with Crippen molar-refractivity contribution in [1.29, 1.82) is 0 Å². The molecular formula is C19H20F3N3O2S. The van der Waals surface area contributed by atoms with Crippen LogP contribution in [-0.4, -0.2) is 34.8 Å². The van der Waals surface area contributed by atoms with Crippen molar-refractivity contribution in [3.63, 3.8) is 0 Å². The Morgan fingerprint density at radius 3 is 2.61 bits per heavy atom. The van der Waals surface area contributed by atoms with Gasteiger partial charge in [0.25, 0.3) is 5.91 Å². The quantitative estimate of drug-likeness (QED) is 0.821. The van der Waals surface area contributed by atoms with Crippen LogP contribution in [0, 0.1) is 18.7 Å². The average molecular weight is 411 g/mol. The summed E-state index contributed by atoms with van der Waals surface area (Å²) in [5, 5.41) is 2.96. The van der Waals surface area contributed by atoms with Gasteiger partial charge in [-0.15, -0.1) is 11.3 Å². The number of aryl methyl sites for hydroxylation is 1. The molecule has 1 N–H and O–H groups in total. The van der Waals surface area contributed by atoms with Gasteiger partial charge in [-0.25, -0.2) is 9.37 Å². The van der Waals surface area contributed by atoms with E-state index in [4.69, 9.17) is 0 Å². The van der Waals surface area contributed by atoms with Gasteiger partial charge in [0.1, 0.15) is 11.5 Å². The zero-order valence-electron chi connectivity index (χ0n) is 15.5. The number of halogens is 3.